The van der Waals surface area contributed by atoms with E-state index >= 15 is 0 Å². The SMILES string of the molecule is O=C(c1ccc(F)cc1)N1CCCCc2ccccc2OC[C@@H](O)[C@@H](O)CC1. The maximum absolute atomic E-state index is 13.1. The quantitative estimate of drug-likeness (QED) is 0.790. The number of nitrogens with zero attached hydrogens (tertiary/aromatic N) is 1. The highest BCUT2D eigenvalue weighted by atomic mass is 19.1. The number of hydrogen-bond donors (Lipinski definition) is 2. The number of carbonyl (C=O) groups excluding carboxylic acids is 1. The molecule has 2 N–H and O–H groups in total. The second-order valence-electron chi connectivity index (χ2n) is 7.10. The summed E-state index contributed by atoms with van der Waals surface area (Å²) >= 11 is 0. The first-order valence-electron chi connectivity index (χ1n) is 9.66. The molecule has 2 atom stereocenters. The first-order valence-corrected chi connectivity index (χ1v) is 9.66. The lowest BCUT2D eigenvalue weighted by Gasteiger charge is -2.25. The van der Waals surface area contributed by atoms with Gasteiger partial charge in [-0.25, -0.2) is 4.39 Å². The largest absolute Gasteiger partial charge is 0.491 e. The topological polar surface area (TPSA) is 70.0 Å². The van der Waals surface area contributed by atoms with Gasteiger partial charge in [-0.2, -0.15) is 0 Å². The number of halogens is 1. The van der Waals surface area contributed by atoms with Crippen molar-refractivity contribution in [3.05, 3.63) is 65.5 Å². The second kappa shape index (κ2) is 9.66. The molecule has 0 saturated heterocycles. The van der Waals surface area contributed by atoms with Crippen molar-refractivity contribution in [1.82, 2.24) is 4.90 Å². The molecule has 3 rings (SSSR count). The molecule has 0 spiro atoms. The van der Waals surface area contributed by atoms with Crippen LogP contribution in [0.1, 0.15) is 35.2 Å². The number of aryl methyl sites for hydroxylation is 1. The minimum atomic E-state index is -1.04. The molecule has 1 heterocycles. The maximum Gasteiger partial charge on any atom is 0.253 e. The van der Waals surface area contributed by atoms with Crippen molar-refractivity contribution in [2.45, 2.75) is 37.9 Å². The lowest BCUT2D eigenvalue weighted by atomic mass is 10.1. The minimum Gasteiger partial charge on any atom is -0.491 e. The number of rotatable bonds is 1. The fraction of sp³-hybridized carbons (Fsp3) is 0.409. The van der Waals surface area contributed by atoms with Crippen molar-refractivity contribution in [1.29, 1.82) is 0 Å². The molecular formula is C22H26FNO4. The Hall–Kier alpha value is -2.44. The van der Waals surface area contributed by atoms with Gasteiger partial charge in [0.25, 0.3) is 5.91 Å². The lowest BCUT2D eigenvalue weighted by Crippen LogP contribution is -2.38. The maximum atomic E-state index is 13.1. The van der Waals surface area contributed by atoms with Crippen LogP contribution in [-0.2, 0) is 6.42 Å². The molecule has 0 saturated carbocycles. The molecule has 150 valence electrons. The van der Waals surface area contributed by atoms with E-state index in [1.807, 2.05) is 24.3 Å². The van der Waals surface area contributed by atoms with E-state index in [0.29, 0.717) is 24.4 Å². The normalized spacial score (nSPS) is 21.5. The van der Waals surface area contributed by atoms with Crippen LogP contribution in [0, 0.1) is 5.82 Å². The van der Waals surface area contributed by atoms with Crippen LogP contribution >= 0.6 is 0 Å². The highest BCUT2D eigenvalue weighted by molar-refractivity contribution is 5.94. The van der Waals surface area contributed by atoms with Gasteiger partial charge in [-0.3, -0.25) is 4.79 Å². The van der Waals surface area contributed by atoms with Crippen molar-refractivity contribution in [3.63, 3.8) is 0 Å². The first kappa shape index (κ1) is 20.3. The number of carbonyl (C=O) groups is 1. The lowest BCUT2D eigenvalue weighted by molar-refractivity contribution is -0.0150. The van der Waals surface area contributed by atoms with E-state index < -0.39 is 18.0 Å². The van der Waals surface area contributed by atoms with E-state index in [4.69, 9.17) is 4.74 Å². The van der Waals surface area contributed by atoms with Crippen LogP contribution in [-0.4, -0.2) is 52.9 Å². The number of hydrogen-bond acceptors (Lipinski definition) is 4. The zero-order valence-electron chi connectivity index (χ0n) is 15.8. The molecular weight excluding hydrogens is 361 g/mol. The van der Waals surface area contributed by atoms with Gasteiger partial charge in [0.15, 0.2) is 0 Å². The van der Waals surface area contributed by atoms with Crippen molar-refractivity contribution >= 4 is 5.91 Å². The third-order valence-electron chi connectivity index (χ3n) is 5.02. The highest BCUT2D eigenvalue weighted by Crippen LogP contribution is 2.21. The fourth-order valence-corrected chi connectivity index (χ4v) is 3.33. The Morgan fingerprint density at radius 3 is 2.54 bits per heavy atom. The summed E-state index contributed by atoms with van der Waals surface area (Å²) in [7, 11) is 0. The van der Waals surface area contributed by atoms with Crippen molar-refractivity contribution in [2.75, 3.05) is 19.7 Å². The van der Waals surface area contributed by atoms with Gasteiger partial charge in [-0.15, -0.1) is 0 Å². The molecule has 6 heteroatoms. The van der Waals surface area contributed by atoms with E-state index in [2.05, 4.69) is 0 Å². The molecule has 0 bridgehead atoms. The van der Waals surface area contributed by atoms with Gasteiger partial charge in [0, 0.05) is 18.7 Å². The fourth-order valence-electron chi connectivity index (χ4n) is 3.33. The molecule has 0 radical (unpaired) electrons. The van der Waals surface area contributed by atoms with Gasteiger partial charge < -0.3 is 19.8 Å². The molecule has 5 nitrogen and oxygen atoms in total. The number of aliphatic hydroxyl groups excluding tert-OH is 2. The minimum absolute atomic E-state index is 0.00983. The molecule has 2 aromatic carbocycles. The number of fused-ring (bicyclic) bond motifs is 1. The molecule has 1 aliphatic rings. The van der Waals surface area contributed by atoms with Crippen molar-refractivity contribution in [2.24, 2.45) is 0 Å². The molecule has 1 amide bonds. The third kappa shape index (κ3) is 5.30. The van der Waals surface area contributed by atoms with Crippen LogP contribution in [0.3, 0.4) is 0 Å². The van der Waals surface area contributed by atoms with Crippen LogP contribution in [0.5, 0.6) is 5.75 Å². The van der Waals surface area contributed by atoms with Gasteiger partial charge in [-0.05, 0) is 61.6 Å². The smallest absolute Gasteiger partial charge is 0.253 e. The number of para-hydroxylation sites is 1. The zero-order valence-corrected chi connectivity index (χ0v) is 15.8. The van der Waals surface area contributed by atoms with Gasteiger partial charge in [0.05, 0.1) is 6.10 Å². The van der Waals surface area contributed by atoms with Gasteiger partial charge >= 0.3 is 0 Å². The Kier molecular flexibility index (Phi) is 7.01. The summed E-state index contributed by atoms with van der Waals surface area (Å²) in [5.74, 6) is 0.124. The van der Waals surface area contributed by atoms with Crippen LogP contribution < -0.4 is 4.74 Å². The molecule has 0 aliphatic carbocycles. The highest BCUT2D eigenvalue weighted by Gasteiger charge is 2.22. The van der Waals surface area contributed by atoms with Crippen molar-refractivity contribution in [3.8, 4) is 5.75 Å². The summed E-state index contributed by atoms with van der Waals surface area (Å²) in [6.07, 6.45) is 0.651. The zero-order chi connectivity index (χ0) is 19.9. The summed E-state index contributed by atoms with van der Waals surface area (Å²) in [4.78, 5) is 14.5. The van der Waals surface area contributed by atoms with Crippen LogP contribution in [0.15, 0.2) is 48.5 Å². The average molecular weight is 387 g/mol. The average Bonchev–Trinajstić information content (AvgIpc) is 2.72. The molecule has 2 aromatic rings. The van der Waals surface area contributed by atoms with E-state index in [9.17, 15) is 19.4 Å². The predicted molar refractivity (Wildman–Crippen MR) is 104 cm³/mol. The Morgan fingerprint density at radius 2 is 1.75 bits per heavy atom. The van der Waals surface area contributed by atoms with Gasteiger partial charge in [0.2, 0.25) is 0 Å². The van der Waals surface area contributed by atoms with Crippen LogP contribution in [0.2, 0.25) is 0 Å². The van der Waals surface area contributed by atoms with Crippen LogP contribution in [0.4, 0.5) is 4.39 Å². The number of benzene rings is 2. The van der Waals surface area contributed by atoms with E-state index in [1.165, 1.54) is 24.3 Å². The van der Waals surface area contributed by atoms with Gasteiger partial charge in [-0.1, -0.05) is 18.2 Å². The standard InChI is InChI=1S/C22H26FNO4/c23-18-10-8-17(9-11-18)22(27)24-13-4-3-6-16-5-1-2-7-21(16)28-15-20(26)19(25)12-14-24/h1-2,5,7-11,19-20,25-26H,3-4,6,12-15H2/t19-,20+/m0/s1. The Balaban J connectivity index is 1.74. The van der Waals surface area contributed by atoms with Gasteiger partial charge in [0.1, 0.15) is 24.3 Å². The summed E-state index contributed by atoms with van der Waals surface area (Å²) in [5, 5.41) is 20.5. The van der Waals surface area contributed by atoms with E-state index in [0.717, 1.165) is 24.8 Å². The monoisotopic (exact) mass is 387 g/mol. The first-order chi connectivity index (χ1) is 13.5. The Bertz CT molecular complexity index is 780. The molecule has 0 aromatic heterocycles. The van der Waals surface area contributed by atoms with Crippen LogP contribution in [0.25, 0.3) is 0 Å². The number of aliphatic hydroxyl groups is 2. The molecule has 0 fully saturated rings. The van der Waals surface area contributed by atoms with E-state index in [1.54, 1.807) is 4.90 Å². The summed E-state index contributed by atoms with van der Waals surface area (Å²) in [5.41, 5.74) is 1.45. The number of amides is 1. The Labute approximate surface area is 164 Å². The van der Waals surface area contributed by atoms with Crippen molar-refractivity contribution < 1.29 is 24.1 Å². The summed E-state index contributed by atoms with van der Waals surface area (Å²) in [6, 6.07) is 13.1. The summed E-state index contributed by atoms with van der Waals surface area (Å²) < 4.78 is 18.9. The molecule has 0 unspecified atom stereocenters. The Morgan fingerprint density at radius 1 is 1.00 bits per heavy atom. The predicted octanol–water partition coefficient (Wildman–Crippen LogP) is 2.80. The molecule has 28 heavy (non-hydrogen) atoms. The summed E-state index contributed by atoms with van der Waals surface area (Å²) in [6.45, 7) is 0.827. The van der Waals surface area contributed by atoms with E-state index in [-0.39, 0.29) is 18.9 Å². The second-order valence-corrected chi connectivity index (χ2v) is 7.10. The third-order valence-corrected chi connectivity index (χ3v) is 5.02. The number of ether oxygens (including phenoxy) is 1. The molecule has 1 aliphatic heterocycles.